The van der Waals surface area contributed by atoms with Gasteiger partial charge in [-0.25, -0.2) is 0 Å². The fourth-order valence-electron chi connectivity index (χ4n) is 19.4. The van der Waals surface area contributed by atoms with Gasteiger partial charge < -0.3 is 20.1 Å². The molecule has 0 saturated carbocycles. The van der Waals surface area contributed by atoms with Gasteiger partial charge in [-0.05, 0) is 272 Å². The molecule has 0 spiro atoms. The predicted octanol–water partition coefficient (Wildman–Crippen LogP) is 31.7. The topological polar surface area (TPSA) is 80.9 Å². The molecule has 0 heterocycles. The lowest BCUT2D eigenvalue weighted by Gasteiger charge is -2.20. The van der Waals surface area contributed by atoms with E-state index in [9.17, 15) is 20.1 Å². The van der Waals surface area contributed by atoms with Crippen molar-refractivity contribution >= 4 is 229 Å². The summed E-state index contributed by atoms with van der Waals surface area (Å²) >= 11 is 7.62. The summed E-state index contributed by atoms with van der Waals surface area (Å²) in [4.78, 5) is 0. The second-order valence-corrected chi connectivity index (χ2v) is 33.7. The van der Waals surface area contributed by atoms with E-state index in [1.54, 1.807) is 0 Å². The van der Waals surface area contributed by atoms with Crippen molar-refractivity contribution in [1.82, 2.24) is 0 Å². The third kappa shape index (κ3) is 15.1. The van der Waals surface area contributed by atoms with E-state index in [0.29, 0.717) is 10.9 Å². The Hall–Kier alpha value is -14.4. The second kappa shape index (κ2) is 35.9. The Morgan fingerprint density at radius 3 is 0.727 bits per heavy atom. The molecule has 0 aliphatic heterocycles. The van der Waals surface area contributed by atoms with Crippen molar-refractivity contribution in [1.29, 1.82) is 0 Å². The molecule has 25 aromatic rings. The van der Waals surface area contributed by atoms with Gasteiger partial charge in [0.2, 0.25) is 0 Å². The fraction of sp³-hybridized carbons (Fsp3) is 0.0167. The molecule has 0 unspecified atom stereocenters. The molecule has 4 nitrogen and oxygen atoms in total. The van der Waals surface area contributed by atoms with Crippen LogP contribution in [0.15, 0.2) is 458 Å². The number of hydrogen-bond acceptors (Lipinski definition) is 4. The quantitative estimate of drug-likeness (QED) is 0.0760. The van der Waals surface area contributed by atoms with Crippen LogP contribution in [-0.4, -0.2) is 34.3 Å². The van der Waals surface area contributed by atoms with E-state index in [1.165, 1.54) is 183 Å². The Bertz CT molecular complexity index is 8260. The average molecular weight is 1770 g/mol. The Kier molecular flexibility index (Phi) is 23.3. The number of hydrogen-bond donors (Lipinski definition) is 4. The minimum atomic E-state index is -1.47. The van der Waals surface area contributed by atoms with Crippen LogP contribution in [0, 0.1) is 0 Å². The van der Waals surface area contributed by atoms with Gasteiger partial charge in [-0.3, -0.25) is 0 Å². The predicted molar refractivity (Wildman–Crippen MR) is 563 cm³/mol. The standard InChI is InChI=1S/C38H24.C24H15Br.C20H13Br.2C18H13BO2.2CH4/c1-2-13-26(14-3-1)36-31-18-8-10-20-33(31)38(34-21-11-9-19-32(34)36)35-24-27-23-22-25-12-4-5-15-28(25)37(27)30-17-7-6-16-29(30)35;25-24-21-11-5-3-9-19(21)23(20-10-4-6-12-22(20)24)18-14-13-16-7-1-2-8-17(16)15-18;21-20-17-12-6-4-10-15(17)19(14-8-2-1-3-9-14)16-11-5-7-13-18(16)20;2*20-19(21)17-11-13-10-9-12-5-1-2-6-14(12)18(13)16-8-4-3-7-15(16)17;;/h1-24H;1-15H;1-13H;2*1-11,20-21H;2*1H4. The number of fused-ring (bicyclic) bond motifs is 22. The largest absolute Gasteiger partial charge is 0.489 e. The lowest BCUT2D eigenvalue weighted by Crippen LogP contribution is -2.30. The zero-order valence-corrected chi connectivity index (χ0v) is 71.6. The Balaban J connectivity index is 0.000000106. The molecule has 4 N–H and O–H groups in total. The minimum Gasteiger partial charge on any atom is -0.423 e. The van der Waals surface area contributed by atoms with Crippen molar-refractivity contribution in [2.45, 2.75) is 14.9 Å². The van der Waals surface area contributed by atoms with E-state index < -0.39 is 14.2 Å². The Morgan fingerprint density at radius 1 is 0.156 bits per heavy atom. The minimum absolute atomic E-state index is 0. The summed E-state index contributed by atoms with van der Waals surface area (Å²) < 4.78 is 2.34. The lowest BCUT2D eigenvalue weighted by molar-refractivity contribution is 0.425. The highest BCUT2D eigenvalue weighted by Crippen LogP contribution is 2.49. The maximum absolute atomic E-state index is 9.65. The molecule has 8 heteroatoms. The third-order valence-corrected chi connectivity index (χ3v) is 26.7. The van der Waals surface area contributed by atoms with Crippen LogP contribution in [0.25, 0.3) is 217 Å². The molecule has 0 amide bonds. The molecule has 610 valence electrons. The van der Waals surface area contributed by atoms with Crippen LogP contribution < -0.4 is 10.9 Å². The van der Waals surface area contributed by atoms with Crippen LogP contribution in [0.3, 0.4) is 0 Å². The molecule has 25 aromatic carbocycles. The van der Waals surface area contributed by atoms with Gasteiger partial charge in [0.1, 0.15) is 0 Å². The Morgan fingerprint density at radius 2 is 0.383 bits per heavy atom. The van der Waals surface area contributed by atoms with Crippen molar-refractivity contribution in [3.8, 4) is 44.5 Å². The molecule has 0 aliphatic rings. The SMILES string of the molecule is Brc1c2ccccc2c(-c2ccc3ccccc3c2)c2ccccc12.Brc1c2ccccc2c(-c2ccccc2)c2ccccc12.C.C.OB(O)c1cc2ccc3ccccc3c2c2ccccc12.OB(O)c1cc2ccc3ccccc3c2c2ccccc12.c1ccc(-c2c3ccccc3c(-c3cc4ccc5ccccc5c4c4ccccc34)c3ccccc23)cc1. The zero-order valence-electron chi connectivity index (χ0n) is 68.4. The van der Waals surface area contributed by atoms with Gasteiger partial charge in [-0.15, -0.1) is 0 Å². The van der Waals surface area contributed by atoms with Crippen molar-refractivity contribution in [2.24, 2.45) is 0 Å². The first kappa shape index (κ1) is 83.2. The molecular weight excluding hydrogens is 1690 g/mol. The van der Waals surface area contributed by atoms with Crippen LogP contribution in [0.4, 0.5) is 0 Å². The van der Waals surface area contributed by atoms with E-state index >= 15 is 0 Å². The van der Waals surface area contributed by atoms with Gasteiger partial charge in [0, 0.05) is 8.95 Å². The van der Waals surface area contributed by atoms with Crippen LogP contribution >= 0.6 is 31.9 Å². The van der Waals surface area contributed by atoms with Crippen molar-refractivity contribution < 1.29 is 20.1 Å². The van der Waals surface area contributed by atoms with Gasteiger partial charge in [0.05, 0.1) is 0 Å². The van der Waals surface area contributed by atoms with Gasteiger partial charge in [0.15, 0.2) is 0 Å². The van der Waals surface area contributed by atoms with E-state index in [2.05, 4.69) is 384 Å². The van der Waals surface area contributed by atoms with Crippen molar-refractivity contribution in [2.75, 3.05) is 0 Å². The van der Waals surface area contributed by atoms with Crippen LogP contribution in [-0.2, 0) is 0 Å². The molecule has 0 aromatic heterocycles. The van der Waals surface area contributed by atoms with Gasteiger partial charge in [0.25, 0.3) is 0 Å². The van der Waals surface area contributed by atoms with Crippen LogP contribution in [0.5, 0.6) is 0 Å². The van der Waals surface area contributed by atoms with E-state index in [1.807, 2.05) is 97.1 Å². The fourth-order valence-corrected chi connectivity index (χ4v) is 20.8. The number of rotatable bonds is 6. The molecule has 0 atom stereocenters. The van der Waals surface area contributed by atoms with Gasteiger partial charge in [-0.2, -0.15) is 0 Å². The maximum atomic E-state index is 9.65. The van der Waals surface area contributed by atoms with Crippen LogP contribution in [0.2, 0.25) is 0 Å². The molecule has 128 heavy (non-hydrogen) atoms. The molecule has 0 saturated heterocycles. The maximum Gasteiger partial charge on any atom is 0.489 e. The van der Waals surface area contributed by atoms with Crippen LogP contribution in [0.1, 0.15) is 14.9 Å². The summed E-state index contributed by atoms with van der Waals surface area (Å²) in [5.41, 5.74) is 11.4. The lowest BCUT2D eigenvalue weighted by atomic mass is 9.75. The highest BCUT2D eigenvalue weighted by molar-refractivity contribution is 9.11. The Labute approximate surface area is 760 Å². The smallest absolute Gasteiger partial charge is 0.423 e. The number of benzene rings is 25. The summed E-state index contributed by atoms with van der Waals surface area (Å²) in [6.45, 7) is 0. The van der Waals surface area contributed by atoms with E-state index in [4.69, 9.17) is 0 Å². The normalized spacial score (nSPS) is 11.2. The van der Waals surface area contributed by atoms with Gasteiger partial charge in [-0.1, -0.05) is 452 Å². The first-order valence-corrected chi connectivity index (χ1v) is 44.1. The highest BCUT2D eigenvalue weighted by Gasteiger charge is 2.24. The molecule has 0 fully saturated rings. The average Bonchev–Trinajstić information content (AvgIpc) is 0.643. The molecule has 0 aliphatic carbocycles. The summed E-state index contributed by atoms with van der Waals surface area (Å²) in [5, 5.41) is 77.2. The molecular formula is C120H86B2Br2O4. The molecule has 0 bridgehead atoms. The highest BCUT2D eigenvalue weighted by atomic mass is 79.9. The van der Waals surface area contributed by atoms with Crippen molar-refractivity contribution in [3.05, 3.63) is 458 Å². The monoisotopic (exact) mass is 1770 g/mol. The van der Waals surface area contributed by atoms with Crippen molar-refractivity contribution in [3.63, 3.8) is 0 Å². The third-order valence-electron chi connectivity index (χ3n) is 25.0. The number of halogens is 2. The van der Waals surface area contributed by atoms with E-state index in [0.717, 1.165) is 43.1 Å². The first-order valence-electron chi connectivity index (χ1n) is 42.5. The summed E-state index contributed by atoms with van der Waals surface area (Å²) in [6.07, 6.45) is 0. The zero-order chi connectivity index (χ0) is 84.9. The summed E-state index contributed by atoms with van der Waals surface area (Å²) in [6, 6.07) is 158. The molecule has 25 rings (SSSR count). The van der Waals surface area contributed by atoms with E-state index in [-0.39, 0.29) is 14.9 Å². The summed E-state index contributed by atoms with van der Waals surface area (Å²) in [7, 11) is -2.93. The second-order valence-electron chi connectivity index (χ2n) is 32.1. The first-order chi connectivity index (χ1) is 62.1. The summed E-state index contributed by atoms with van der Waals surface area (Å²) in [5.74, 6) is 0. The van der Waals surface area contributed by atoms with Gasteiger partial charge >= 0.3 is 14.2 Å². The molecule has 0 radical (unpaired) electrons.